The van der Waals surface area contributed by atoms with Gasteiger partial charge in [0.05, 0.1) is 17.4 Å². The lowest BCUT2D eigenvalue weighted by Crippen LogP contribution is -2.32. The van der Waals surface area contributed by atoms with Gasteiger partial charge in [-0.3, -0.25) is 0 Å². The van der Waals surface area contributed by atoms with E-state index in [1.807, 2.05) is 18.2 Å². The Morgan fingerprint density at radius 1 is 1.39 bits per heavy atom. The van der Waals surface area contributed by atoms with E-state index >= 15 is 0 Å². The Kier molecular flexibility index (Phi) is 3.83. The smallest absolute Gasteiger partial charge is 0.226 e. The zero-order valence-corrected chi connectivity index (χ0v) is 13.3. The van der Waals surface area contributed by atoms with Gasteiger partial charge in [-0.25, -0.2) is 4.98 Å². The van der Waals surface area contributed by atoms with Gasteiger partial charge in [0.25, 0.3) is 0 Å². The molecule has 6 nitrogen and oxygen atoms in total. The highest BCUT2D eigenvalue weighted by molar-refractivity contribution is 5.79. The van der Waals surface area contributed by atoms with Crippen LogP contribution in [0.5, 0.6) is 0 Å². The number of hydrogen-bond acceptors (Lipinski definition) is 5. The molecule has 0 bridgehead atoms. The van der Waals surface area contributed by atoms with Crippen LogP contribution in [0.1, 0.15) is 25.2 Å². The van der Waals surface area contributed by atoms with Crippen molar-refractivity contribution in [3.05, 3.63) is 30.4 Å². The number of benzene rings is 1. The fourth-order valence-corrected chi connectivity index (χ4v) is 3.38. The number of hydrogen-bond donors (Lipinski definition) is 1. The molecule has 1 atom stereocenters. The topological polar surface area (TPSA) is 70.8 Å². The molecule has 120 valence electrons. The van der Waals surface area contributed by atoms with Gasteiger partial charge in [0, 0.05) is 18.5 Å². The molecule has 3 heterocycles. The predicted molar refractivity (Wildman–Crippen MR) is 87.9 cm³/mol. The van der Waals surface area contributed by atoms with Gasteiger partial charge in [-0.2, -0.15) is 4.98 Å². The summed E-state index contributed by atoms with van der Waals surface area (Å²) in [4.78, 5) is 14.3. The van der Waals surface area contributed by atoms with Crippen LogP contribution in [0.3, 0.4) is 0 Å². The molecule has 0 radical (unpaired) electrons. The number of nitrogens with zero attached hydrogens (tertiary/aromatic N) is 4. The normalized spacial score (nSPS) is 19.4. The zero-order valence-electron chi connectivity index (χ0n) is 13.3. The maximum absolute atomic E-state index is 5.43. The van der Waals surface area contributed by atoms with Crippen molar-refractivity contribution < 1.29 is 4.52 Å². The number of imidazole rings is 1. The molecule has 4 rings (SSSR count). The van der Waals surface area contributed by atoms with E-state index in [1.165, 1.54) is 25.9 Å². The van der Waals surface area contributed by atoms with Crippen LogP contribution in [0.2, 0.25) is 0 Å². The summed E-state index contributed by atoms with van der Waals surface area (Å²) in [6.07, 6.45) is 6.27. The van der Waals surface area contributed by atoms with Crippen LogP contribution in [-0.4, -0.2) is 45.1 Å². The maximum atomic E-state index is 5.43. The largest absolute Gasteiger partial charge is 0.345 e. The highest BCUT2D eigenvalue weighted by Gasteiger charge is 2.18. The number of piperidine rings is 1. The number of nitrogens with one attached hydrogen (secondary N) is 1. The summed E-state index contributed by atoms with van der Waals surface area (Å²) in [5.74, 6) is 2.13. The zero-order chi connectivity index (χ0) is 15.6. The first-order chi connectivity index (χ1) is 11.3. The van der Waals surface area contributed by atoms with Gasteiger partial charge in [-0.15, -0.1) is 0 Å². The standard InChI is InChI=1S/C17H21N5O/c1-22-8-2-3-12(10-22)4-7-16-20-17(21-23-16)13-5-6-14-15(9-13)19-11-18-14/h5-6,9,11-12H,2-4,7-8,10H2,1H3,(H,18,19)/t12-/m0/s1. The highest BCUT2D eigenvalue weighted by atomic mass is 16.5. The Labute approximate surface area is 134 Å². The summed E-state index contributed by atoms with van der Waals surface area (Å²) in [6, 6.07) is 5.95. The highest BCUT2D eigenvalue weighted by Crippen LogP contribution is 2.23. The molecule has 0 saturated carbocycles. The number of fused-ring (bicyclic) bond motifs is 1. The van der Waals surface area contributed by atoms with Crippen LogP contribution in [0.25, 0.3) is 22.4 Å². The van der Waals surface area contributed by atoms with Gasteiger partial charge < -0.3 is 14.4 Å². The summed E-state index contributed by atoms with van der Waals surface area (Å²) >= 11 is 0. The molecule has 23 heavy (non-hydrogen) atoms. The van der Waals surface area contributed by atoms with Crippen molar-refractivity contribution in [3.8, 4) is 11.4 Å². The molecule has 0 spiro atoms. The first kappa shape index (κ1) is 14.4. The summed E-state index contributed by atoms with van der Waals surface area (Å²) in [6.45, 7) is 2.40. The average molecular weight is 311 g/mol. The molecule has 1 N–H and O–H groups in total. The van der Waals surface area contributed by atoms with Gasteiger partial charge in [-0.1, -0.05) is 5.16 Å². The van der Waals surface area contributed by atoms with Crippen molar-refractivity contribution in [2.45, 2.75) is 25.7 Å². The van der Waals surface area contributed by atoms with Crippen LogP contribution >= 0.6 is 0 Å². The van der Waals surface area contributed by atoms with E-state index in [9.17, 15) is 0 Å². The Morgan fingerprint density at radius 2 is 2.35 bits per heavy atom. The molecule has 1 aliphatic heterocycles. The SMILES string of the molecule is CN1CCC[C@@H](CCc2nc(-c3ccc4nc[nH]c4c3)no2)C1. The van der Waals surface area contributed by atoms with Crippen LogP contribution in [0, 0.1) is 5.92 Å². The van der Waals surface area contributed by atoms with Gasteiger partial charge >= 0.3 is 0 Å². The molecular formula is C17H21N5O. The molecular weight excluding hydrogens is 290 g/mol. The molecule has 2 aromatic heterocycles. The van der Waals surface area contributed by atoms with E-state index in [1.54, 1.807) is 6.33 Å². The summed E-state index contributed by atoms with van der Waals surface area (Å²) in [7, 11) is 2.20. The quantitative estimate of drug-likeness (QED) is 0.802. The molecule has 0 unspecified atom stereocenters. The minimum absolute atomic E-state index is 0.650. The van der Waals surface area contributed by atoms with Crippen molar-refractivity contribution in [3.63, 3.8) is 0 Å². The Balaban J connectivity index is 1.43. The molecule has 1 aliphatic rings. The minimum Gasteiger partial charge on any atom is -0.345 e. The fourth-order valence-electron chi connectivity index (χ4n) is 3.38. The summed E-state index contributed by atoms with van der Waals surface area (Å²) < 4.78 is 5.43. The summed E-state index contributed by atoms with van der Waals surface area (Å²) in [5, 5.41) is 4.13. The van der Waals surface area contributed by atoms with Crippen LogP contribution in [0.4, 0.5) is 0 Å². The molecule has 1 aromatic carbocycles. The second-order valence-electron chi connectivity index (χ2n) is 6.46. The van der Waals surface area contributed by atoms with E-state index in [4.69, 9.17) is 4.52 Å². The Hall–Kier alpha value is -2.21. The molecule has 0 aliphatic carbocycles. The Bertz CT molecular complexity index is 793. The molecule has 1 fully saturated rings. The second kappa shape index (κ2) is 6.12. The number of aromatic nitrogens is 4. The lowest BCUT2D eigenvalue weighted by Gasteiger charge is -2.29. The third-order valence-electron chi connectivity index (χ3n) is 4.64. The van der Waals surface area contributed by atoms with Gasteiger partial charge in [-0.05, 0) is 57.0 Å². The van der Waals surface area contributed by atoms with E-state index in [2.05, 4.69) is 32.1 Å². The number of likely N-dealkylation sites (tertiary alicyclic amines) is 1. The third-order valence-corrected chi connectivity index (χ3v) is 4.64. The minimum atomic E-state index is 0.650. The Morgan fingerprint density at radius 3 is 3.26 bits per heavy atom. The van der Waals surface area contributed by atoms with Gasteiger partial charge in [0.15, 0.2) is 0 Å². The van der Waals surface area contributed by atoms with Crippen LogP contribution in [-0.2, 0) is 6.42 Å². The molecule has 3 aromatic rings. The molecule has 6 heteroatoms. The number of aryl methyl sites for hydroxylation is 1. The van der Waals surface area contributed by atoms with Crippen molar-refractivity contribution in [1.82, 2.24) is 25.0 Å². The van der Waals surface area contributed by atoms with Crippen molar-refractivity contribution >= 4 is 11.0 Å². The monoisotopic (exact) mass is 311 g/mol. The molecule has 0 amide bonds. The van der Waals surface area contributed by atoms with Crippen LogP contribution in [0.15, 0.2) is 29.0 Å². The second-order valence-corrected chi connectivity index (χ2v) is 6.46. The number of rotatable bonds is 4. The first-order valence-corrected chi connectivity index (χ1v) is 8.22. The van der Waals surface area contributed by atoms with Gasteiger partial charge in [0.1, 0.15) is 0 Å². The summed E-state index contributed by atoms with van der Waals surface area (Å²) in [5.41, 5.74) is 2.88. The number of aromatic amines is 1. The van der Waals surface area contributed by atoms with Crippen LogP contribution < -0.4 is 0 Å². The average Bonchev–Trinajstić information content (AvgIpc) is 3.21. The lowest BCUT2D eigenvalue weighted by molar-refractivity contribution is 0.199. The lowest BCUT2D eigenvalue weighted by atomic mass is 9.94. The van der Waals surface area contributed by atoms with Gasteiger partial charge in [0.2, 0.25) is 11.7 Å². The van der Waals surface area contributed by atoms with E-state index < -0.39 is 0 Å². The number of H-pyrrole nitrogens is 1. The van der Waals surface area contributed by atoms with E-state index in [0.29, 0.717) is 5.82 Å². The van der Waals surface area contributed by atoms with Crippen molar-refractivity contribution in [1.29, 1.82) is 0 Å². The molecule has 1 saturated heterocycles. The van der Waals surface area contributed by atoms with E-state index in [-0.39, 0.29) is 0 Å². The van der Waals surface area contributed by atoms with Crippen molar-refractivity contribution in [2.24, 2.45) is 5.92 Å². The third kappa shape index (κ3) is 3.12. The maximum Gasteiger partial charge on any atom is 0.226 e. The predicted octanol–water partition coefficient (Wildman–Crippen LogP) is 2.89. The van der Waals surface area contributed by atoms with E-state index in [0.717, 1.165) is 41.2 Å². The van der Waals surface area contributed by atoms with Crippen molar-refractivity contribution in [2.75, 3.05) is 20.1 Å². The first-order valence-electron chi connectivity index (χ1n) is 8.22. The fraction of sp³-hybridized carbons (Fsp3) is 0.471.